The zero-order chi connectivity index (χ0) is 15.5. The largest absolute Gasteiger partial charge is 0.360 e. The Morgan fingerprint density at radius 1 is 1.05 bits per heavy atom. The maximum Gasteiger partial charge on any atom is 0.229 e. The normalized spacial score (nSPS) is 10.5. The summed E-state index contributed by atoms with van der Waals surface area (Å²) in [6, 6.07) is 8.71. The number of halogens is 2. The molecule has 0 saturated heterocycles. The molecule has 0 fully saturated rings. The van der Waals surface area contributed by atoms with Crippen molar-refractivity contribution in [2.24, 2.45) is 0 Å². The summed E-state index contributed by atoms with van der Waals surface area (Å²) in [7, 11) is 0. The molecule has 1 aromatic carbocycles. The van der Waals surface area contributed by atoms with Crippen LogP contribution in [0.1, 0.15) is 5.76 Å². The Balaban J connectivity index is 1.82. The second-order valence-electron chi connectivity index (χ2n) is 4.43. The van der Waals surface area contributed by atoms with Crippen LogP contribution in [-0.2, 0) is 0 Å². The summed E-state index contributed by atoms with van der Waals surface area (Å²) in [4.78, 5) is 8.46. The summed E-state index contributed by atoms with van der Waals surface area (Å²) < 4.78 is 4.99. The molecule has 0 saturated carbocycles. The van der Waals surface area contributed by atoms with E-state index >= 15 is 0 Å². The summed E-state index contributed by atoms with van der Waals surface area (Å²) in [5, 5.41) is 10.8. The van der Waals surface area contributed by atoms with E-state index in [1.54, 1.807) is 36.5 Å². The Hall–Kier alpha value is -2.31. The first-order valence-electron chi connectivity index (χ1n) is 6.36. The van der Waals surface area contributed by atoms with Crippen molar-refractivity contribution < 1.29 is 4.52 Å². The molecule has 0 aliphatic carbocycles. The number of para-hydroxylation sites is 1. The van der Waals surface area contributed by atoms with Crippen LogP contribution in [0.4, 0.5) is 23.3 Å². The van der Waals surface area contributed by atoms with E-state index < -0.39 is 0 Å². The molecule has 0 spiro atoms. The van der Waals surface area contributed by atoms with Crippen LogP contribution in [0.3, 0.4) is 0 Å². The van der Waals surface area contributed by atoms with Gasteiger partial charge in [0.2, 0.25) is 5.95 Å². The van der Waals surface area contributed by atoms with Crippen molar-refractivity contribution in [2.75, 3.05) is 10.6 Å². The van der Waals surface area contributed by atoms with Gasteiger partial charge in [-0.3, -0.25) is 0 Å². The first kappa shape index (κ1) is 14.6. The third kappa shape index (κ3) is 3.29. The molecule has 112 valence electrons. The SMILES string of the molecule is Cc1cc(Nc2ccnc(Nc3c(Cl)cccc3Cl)n2)no1. The van der Waals surface area contributed by atoms with E-state index in [-0.39, 0.29) is 0 Å². The van der Waals surface area contributed by atoms with Gasteiger partial charge in [-0.2, -0.15) is 4.98 Å². The highest BCUT2D eigenvalue weighted by molar-refractivity contribution is 6.39. The van der Waals surface area contributed by atoms with Crippen molar-refractivity contribution in [3.05, 3.63) is 52.3 Å². The molecule has 0 radical (unpaired) electrons. The molecule has 0 unspecified atom stereocenters. The van der Waals surface area contributed by atoms with E-state index in [9.17, 15) is 0 Å². The molecule has 3 rings (SSSR count). The highest BCUT2D eigenvalue weighted by Gasteiger charge is 2.08. The van der Waals surface area contributed by atoms with Gasteiger partial charge in [0.25, 0.3) is 0 Å². The summed E-state index contributed by atoms with van der Waals surface area (Å²) in [5.74, 6) is 2.20. The maximum absolute atomic E-state index is 6.11. The second kappa shape index (κ2) is 6.21. The van der Waals surface area contributed by atoms with Gasteiger partial charge in [-0.15, -0.1) is 0 Å². The molecule has 0 aliphatic heterocycles. The van der Waals surface area contributed by atoms with Gasteiger partial charge in [0, 0.05) is 12.3 Å². The van der Waals surface area contributed by atoms with Crippen molar-refractivity contribution in [1.82, 2.24) is 15.1 Å². The Labute approximate surface area is 136 Å². The van der Waals surface area contributed by atoms with Gasteiger partial charge in [-0.25, -0.2) is 4.98 Å². The molecule has 6 nitrogen and oxygen atoms in total. The molecular formula is C14H11Cl2N5O. The average Bonchev–Trinajstić information content (AvgIpc) is 2.89. The van der Waals surface area contributed by atoms with Crippen molar-refractivity contribution in [3.63, 3.8) is 0 Å². The summed E-state index contributed by atoms with van der Waals surface area (Å²) >= 11 is 12.2. The van der Waals surface area contributed by atoms with E-state index in [1.807, 2.05) is 6.92 Å². The fourth-order valence-electron chi connectivity index (χ4n) is 1.77. The number of nitrogens with zero attached hydrogens (tertiary/aromatic N) is 3. The number of aryl methyl sites for hydroxylation is 1. The number of hydrogen-bond donors (Lipinski definition) is 2. The summed E-state index contributed by atoms with van der Waals surface area (Å²) in [5.41, 5.74) is 0.556. The third-order valence-corrected chi connectivity index (χ3v) is 3.37. The van der Waals surface area contributed by atoms with E-state index in [0.717, 1.165) is 0 Å². The molecule has 2 heterocycles. The minimum atomic E-state index is 0.361. The number of benzene rings is 1. The van der Waals surface area contributed by atoms with Gasteiger partial charge in [0.1, 0.15) is 11.6 Å². The first-order valence-corrected chi connectivity index (χ1v) is 7.12. The molecule has 0 amide bonds. The number of hydrogen-bond acceptors (Lipinski definition) is 6. The topological polar surface area (TPSA) is 75.9 Å². The number of anilines is 4. The molecule has 0 aliphatic rings. The standard InChI is InChI=1S/C14H11Cl2N5O/c1-8-7-12(21-22-8)18-11-5-6-17-14(19-11)20-13-9(15)3-2-4-10(13)16/h2-7H,1H3,(H2,17,18,19,20,21). The van der Waals surface area contributed by atoms with E-state index in [0.29, 0.717) is 39.1 Å². The average molecular weight is 336 g/mol. The van der Waals surface area contributed by atoms with Gasteiger partial charge in [-0.05, 0) is 25.1 Å². The zero-order valence-corrected chi connectivity index (χ0v) is 13.0. The van der Waals surface area contributed by atoms with Crippen LogP contribution in [0.15, 0.2) is 41.1 Å². The van der Waals surface area contributed by atoms with Crippen LogP contribution in [0.5, 0.6) is 0 Å². The van der Waals surface area contributed by atoms with Crippen LogP contribution < -0.4 is 10.6 Å². The molecule has 22 heavy (non-hydrogen) atoms. The fourth-order valence-corrected chi connectivity index (χ4v) is 2.27. The maximum atomic E-state index is 6.11. The lowest BCUT2D eigenvalue weighted by molar-refractivity contribution is 0.400. The highest BCUT2D eigenvalue weighted by Crippen LogP contribution is 2.31. The Morgan fingerprint density at radius 3 is 2.50 bits per heavy atom. The van der Waals surface area contributed by atoms with Gasteiger partial charge in [-0.1, -0.05) is 34.4 Å². The number of rotatable bonds is 4. The molecule has 8 heteroatoms. The van der Waals surface area contributed by atoms with Crippen molar-refractivity contribution in [3.8, 4) is 0 Å². The predicted octanol–water partition coefficient (Wildman–Crippen LogP) is 4.57. The lowest BCUT2D eigenvalue weighted by Gasteiger charge is -2.09. The minimum Gasteiger partial charge on any atom is -0.360 e. The van der Waals surface area contributed by atoms with Gasteiger partial charge in [0.05, 0.1) is 15.7 Å². The predicted molar refractivity (Wildman–Crippen MR) is 86.3 cm³/mol. The highest BCUT2D eigenvalue weighted by atomic mass is 35.5. The third-order valence-electron chi connectivity index (χ3n) is 2.74. The van der Waals surface area contributed by atoms with Crippen molar-refractivity contribution in [2.45, 2.75) is 6.92 Å². The zero-order valence-electron chi connectivity index (χ0n) is 11.5. The Morgan fingerprint density at radius 2 is 1.82 bits per heavy atom. The minimum absolute atomic E-state index is 0.361. The van der Waals surface area contributed by atoms with Crippen LogP contribution in [0.25, 0.3) is 0 Å². The lowest BCUT2D eigenvalue weighted by atomic mass is 10.3. The van der Waals surface area contributed by atoms with E-state index in [2.05, 4.69) is 25.8 Å². The molecule has 0 atom stereocenters. The smallest absolute Gasteiger partial charge is 0.229 e. The van der Waals surface area contributed by atoms with Crippen molar-refractivity contribution >= 4 is 46.5 Å². The Kier molecular flexibility index (Phi) is 4.13. The molecule has 3 aromatic rings. The van der Waals surface area contributed by atoms with E-state index in [4.69, 9.17) is 27.7 Å². The first-order chi connectivity index (χ1) is 10.6. The monoisotopic (exact) mass is 335 g/mol. The summed E-state index contributed by atoms with van der Waals surface area (Å²) in [6.45, 7) is 1.81. The molecule has 2 aromatic heterocycles. The van der Waals surface area contributed by atoms with Gasteiger partial charge in [0.15, 0.2) is 5.82 Å². The Bertz CT molecular complexity index is 785. The quantitative estimate of drug-likeness (QED) is 0.727. The second-order valence-corrected chi connectivity index (χ2v) is 5.25. The van der Waals surface area contributed by atoms with Crippen LogP contribution >= 0.6 is 23.2 Å². The lowest BCUT2D eigenvalue weighted by Crippen LogP contribution is -2.01. The molecule has 2 N–H and O–H groups in total. The molecular weight excluding hydrogens is 325 g/mol. The van der Waals surface area contributed by atoms with Crippen LogP contribution in [0, 0.1) is 6.92 Å². The van der Waals surface area contributed by atoms with Crippen LogP contribution in [-0.4, -0.2) is 15.1 Å². The van der Waals surface area contributed by atoms with Gasteiger partial charge < -0.3 is 15.2 Å². The van der Waals surface area contributed by atoms with Gasteiger partial charge >= 0.3 is 0 Å². The number of aromatic nitrogens is 3. The van der Waals surface area contributed by atoms with Crippen molar-refractivity contribution in [1.29, 1.82) is 0 Å². The summed E-state index contributed by atoms with van der Waals surface area (Å²) in [6.07, 6.45) is 1.61. The fraction of sp³-hybridized carbons (Fsp3) is 0.0714. The molecule has 0 bridgehead atoms. The van der Waals surface area contributed by atoms with Crippen LogP contribution in [0.2, 0.25) is 10.0 Å². The number of nitrogens with one attached hydrogen (secondary N) is 2. The van der Waals surface area contributed by atoms with E-state index in [1.165, 1.54) is 0 Å².